The van der Waals surface area contributed by atoms with Gasteiger partial charge in [0, 0.05) is 25.4 Å². The van der Waals surface area contributed by atoms with Gasteiger partial charge >= 0.3 is 5.97 Å². The summed E-state index contributed by atoms with van der Waals surface area (Å²) in [7, 11) is 0.275. The number of carboxylic acids is 1. The number of aryl methyl sites for hydroxylation is 3. The molecule has 2 aromatic carbocycles. The van der Waals surface area contributed by atoms with Gasteiger partial charge in [-0.15, -0.1) is 0 Å². The topological polar surface area (TPSA) is 129 Å². The SMILES string of the molecule is Cc1cc(C)c(-c2cccc(C(CC(=O)O)NC(=O)C(CCC(C)C)n3ccc(CCN(C)CCOCCOCCOCCO[Si](C)(C)C(C)(C)C)cc3=O)c2)c(C)c1. The van der Waals surface area contributed by atoms with Crippen molar-refractivity contribution in [2.75, 3.05) is 66.4 Å². The summed E-state index contributed by atoms with van der Waals surface area (Å²) >= 11 is 0. The van der Waals surface area contributed by atoms with Crippen LogP contribution in [0.2, 0.25) is 18.1 Å². The first kappa shape index (κ1) is 49.7. The zero-order valence-electron chi connectivity index (χ0n) is 37.8. The molecule has 2 atom stereocenters. The third-order valence-corrected chi connectivity index (χ3v) is 15.8. The molecule has 0 aliphatic carbocycles. The number of nitrogens with one attached hydrogen (secondary N) is 1. The van der Waals surface area contributed by atoms with E-state index in [2.05, 4.69) is 90.8 Å². The van der Waals surface area contributed by atoms with Crippen LogP contribution in [0, 0.1) is 26.7 Å². The maximum atomic E-state index is 14.1. The Labute approximate surface area is 354 Å². The quantitative estimate of drug-likeness (QED) is 0.0607. The molecule has 3 aromatic rings. The third-order valence-electron chi connectivity index (χ3n) is 11.3. The Kier molecular flexibility index (Phi) is 20.2. The molecule has 0 fully saturated rings. The Bertz CT molecular complexity index is 1810. The number of aromatic nitrogens is 1. The molecule has 59 heavy (non-hydrogen) atoms. The number of benzene rings is 2. The fraction of sp³-hybridized carbons (Fsp3) is 0.596. The van der Waals surface area contributed by atoms with Crippen molar-refractivity contribution in [3.63, 3.8) is 0 Å². The van der Waals surface area contributed by atoms with Gasteiger partial charge in [0.15, 0.2) is 8.32 Å². The molecule has 2 unspecified atom stereocenters. The number of amides is 1. The highest BCUT2D eigenvalue weighted by atomic mass is 28.4. The second kappa shape index (κ2) is 24.0. The predicted molar refractivity (Wildman–Crippen MR) is 240 cm³/mol. The number of likely N-dealkylation sites (N-methyl/N-ethyl adjacent to an activating group) is 1. The van der Waals surface area contributed by atoms with E-state index in [9.17, 15) is 19.5 Å². The van der Waals surface area contributed by atoms with Crippen molar-refractivity contribution in [1.82, 2.24) is 14.8 Å². The van der Waals surface area contributed by atoms with Gasteiger partial charge in [-0.05, 0) is 117 Å². The molecule has 1 amide bonds. The number of carboxylic acid groups (broad SMARTS) is 1. The molecule has 0 saturated carbocycles. The summed E-state index contributed by atoms with van der Waals surface area (Å²) in [6.07, 6.45) is 3.24. The van der Waals surface area contributed by atoms with Crippen LogP contribution < -0.4 is 10.9 Å². The Morgan fingerprint density at radius 3 is 2.03 bits per heavy atom. The summed E-state index contributed by atoms with van der Waals surface area (Å²) in [5, 5.41) is 13.1. The second-order valence-corrected chi connectivity index (χ2v) is 22.6. The molecule has 2 N–H and O–H groups in total. The molecule has 328 valence electrons. The van der Waals surface area contributed by atoms with Crippen molar-refractivity contribution in [2.45, 2.75) is 111 Å². The lowest BCUT2D eigenvalue weighted by Gasteiger charge is -2.36. The zero-order chi connectivity index (χ0) is 43.8. The number of ether oxygens (including phenoxy) is 3. The van der Waals surface area contributed by atoms with Crippen LogP contribution >= 0.6 is 0 Å². The molecule has 12 heteroatoms. The Morgan fingerprint density at radius 1 is 0.847 bits per heavy atom. The highest BCUT2D eigenvalue weighted by Gasteiger charge is 2.37. The van der Waals surface area contributed by atoms with Gasteiger partial charge in [-0.3, -0.25) is 14.4 Å². The van der Waals surface area contributed by atoms with Crippen molar-refractivity contribution in [1.29, 1.82) is 0 Å². The van der Waals surface area contributed by atoms with Crippen LogP contribution in [-0.2, 0) is 34.6 Å². The van der Waals surface area contributed by atoms with Gasteiger partial charge in [-0.25, -0.2) is 0 Å². The summed E-state index contributed by atoms with van der Waals surface area (Å²) in [5.41, 5.74) is 6.81. The summed E-state index contributed by atoms with van der Waals surface area (Å²) in [6, 6.07) is 13.9. The average Bonchev–Trinajstić information content (AvgIpc) is 3.13. The van der Waals surface area contributed by atoms with Crippen molar-refractivity contribution in [2.24, 2.45) is 5.92 Å². The predicted octanol–water partition coefficient (Wildman–Crippen LogP) is 8.30. The van der Waals surface area contributed by atoms with Gasteiger partial charge in [0.1, 0.15) is 6.04 Å². The van der Waals surface area contributed by atoms with Crippen molar-refractivity contribution in [3.8, 4) is 11.1 Å². The lowest BCUT2D eigenvalue weighted by Crippen LogP contribution is -2.41. The maximum absolute atomic E-state index is 14.1. The molecule has 1 aromatic heterocycles. The highest BCUT2D eigenvalue weighted by Crippen LogP contribution is 2.36. The van der Waals surface area contributed by atoms with Crippen molar-refractivity contribution in [3.05, 3.63) is 92.9 Å². The maximum Gasteiger partial charge on any atom is 0.305 e. The van der Waals surface area contributed by atoms with E-state index in [1.54, 1.807) is 12.3 Å². The number of pyridine rings is 1. The van der Waals surface area contributed by atoms with E-state index in [4.69, 9.17) is 18.6 Å². The lowest BCUT2D eigenvalue weighted by atomic mass is 9.91. The first-order valence-corrected chi connectivity index (χ1v) is 24.2. The van der Waals surface area contributed by atoms with Gasteiger partial charge in [-0.1, -0.05) is 70.5 Å². The van der Waals surface area contributed by atoms with Crippen molar-refractivity contribution < 1.29 is 33.3 Å². The van der Waals surface area contributed by atoms with Crippen LogP contribution in [0.1, 0.15) is 93.8 Å². The molecule has 0 aliphatic heterocycles. The van der Waals surface area contributed by atoms with Gasteiger partial charge < -0.3 is 38.5 Å². The van der Waals surface area contributed by atoms with Gasteiger partial charge in [-0.2, -0.15) is 0 Å². The van der Waals surface area contributed by atoms with Crippen LogP contribution in [0.15, 0.2) is 59.5 Å². The van der Waals surface area contributed by atoms with Gasteiger partial charge in [0.05, 0.1) is 58.7 Å². The molecular formula is C47H73N3O8Si. The van der Waals surface area contributed by atoms with Crippen molar-refractivity contribution >= 4 is 20.2 Å². The minimum atomic E-state index is -1.74. The second-order valence-electron chi connectivity index (χ2n) is 17.8. The molecule has 0 bridgehead atoms. The van der Waals surface area contributed by atoms with E-state index in [1.807, 2.05) is 37.4 Å². The van der Waals surface area contributed by atoms with Gasteiger partial charge in [0.25, 0.3) is 5.56 Å². The lowest BCUT2D eigenvalue weighted by molar-refractivity contribution is -0.138. The summed E-state index contributed by atoms with van der Waals surface area (Å²) in [5.74, 6) is -1.09. The molecule has 11 nitrogen and oxygen atoms in total. The smallest absolute Gasteiger partial charge is 0.305 e. The standard InChI is InChI=1S/C47H73N3O8Si/c1-34(2)15-16-42(46(54)48-41(33-44(52)53)39-13-12-14-40(32-39)45-36(4)29-35(3)30-37(45)5)50-20-18-38(31-43(50)51)17-19-49(9)21-22-55-23-24-56-25-26-57-27-28-58-59(10,11)47(6,7)8/h12-14,18,20,29-32,34,41-42H,15-17,19,21-28,33H2,1-11H3,(H,48,54)(H,52,53). The van der Waals surface area contributed by atoms with E-state index in [0.717, 1.165) is 47.3 Å². The average molecular weight is 836 g/mol. The largest absolute Gasteiger partial charge is 0.481 e. The molecule has 0 radical (unpaired) electrons. The molecule has 0 aliphatic rings. The van der Waals surface area contributed by atoms with Crippen LogP contribution in [-0.4, -0.2) is 101 Å². The first-order chi connectivity index (χ1) is 27.8. The van der Waals surface area contributed by atoms with Crippen LogP contribution in [0.5, 0.6) is 0 Å². The highest BCUT2D eigenvalue weighted by molar-refractivity contribution is 6.74. The van der Waals surface area contributed by atoms with E-state index in [1.165, 1.54) is 10.1 Å². The first-order valence-electron chi connectivity index (χ1n) is 21.3. The number of rotatable bonds is 26. The summed E-state index contributed by atoms with van der Waals surface area (Å²) in [4.78, 5) is 41.9. The number of aliphatic carboxylic acids is 1. The molecule has 0 saturated heterocycles. The number of hydrogen-bond acceptors (Lipinski definition) is 8. The van der Waals surface area contributed by atoms with E-state index in [-0.39, 0.29) is 22.9 Å². The molecular weight excluding hydrogens is 763 g/mol. The fourth-order valence-electron chi connectivity index (χ4n) is 6.84. The molecule has 0 spiro atoms. The van der Waals surface area contributed by atoms with E-state index < -0.39 is 26.4 Å². The monoisotopic (exact) mass is 836 g/mol. The van der Waals surface area contributed by atoms with Crippen LogP contribution in [0.25, 0.3) is 11.1 Å². The summed E-state index contributed by atoms with van der Waals surface area (Å²) in [6.45, 7) is 26.8. The zero-order valence-corrected chi connectivity index (χ0v) is 38.8. The van der Waals surface area contributed by atoms with Crippen LogP contribution in [0.4, 0.5) is 0 Å². The van der Waals surface area contributed by atoms with Gasteiger partial charge in [0.2, 0.25) is 5.91 Å². The molecule has 1 heterocycles. The fourth-order valence-corrected chi connectivity index (χ4v) is 7.87. The number of carbonyl (C=O) groups is 2. The number of hydrogen-bond donors (Lipinski definition) is 2. The number of carbonyl (C=O) groups excluding carboxylic acids is 1. The van der Waals surface area contributed by atoms with E-state index in [0.29, 0.717) is 70.6 Å². The normalized spacial score (nSPS) is 13.2. The Hall–Kier alpha value is -3.65. The van der Waals surface area contributed by atoms with E-state index >= 15 is 0 Å². The Morgan fingerprint density at radius 2 is 1.46 bits per heavy atom. The third kappa shape index (κ3) is 16.7. The molecule has 3 rings (SSSR count). The minimum absolute atomic E-state index is 0.189. The van der Waals surface area contributed by atoms with Crippen LogP contribution in [0.3, 0.4) is 0 Å². The minimum Gasteiger partial charge on any atom is -0.481 e. The Balaban J connectivity index is 1.52. The number of nitrogens with zero attached hydrogens (tertiary/aromatic N) is 2. The summed E-state index contributed by atoms with van der Waals surface area (Å²) < 4.78 is 24.7.